The number of anilines is 6. The van der Waals surface area contributed by atoms with Gasteiger partial charge in [-0.3, -0.25) is 9.97 Å². The van der Waals surface area contributed by atoms with Crippen LogP contribution in [-0.2, 0) is 21.7 Å². The number of benzene rings is 6. The molecule has 0 atom stereocenters. The van der Waals surface area contributed by atoms with Crippen molar-refractivity contribution in [2.24, 2.45) is 0 Å². The molecule has 350 valence electrons. The average molecular weight is 915 g/mol. The van der Waals surface area contributed by atoms with E-state index in [9.17, 15) is 0 Å². The lowest BCUT2D eigenvalue weighted by Gasteiger charge is -2.28. The summed E-state index contributed by atoms with van der Waals surface area (Å²) in [6, 6.07) is 60.5. The fourth-order valence-electron chi connectivity index (χ4n) is 8.31. The van der Waals surface area contributed by atoms with E-state index in [4.69, 9.17) is 0 Å². The number of hydrogen-bond donors (Lipinski definition) is 0. The first-order chi connectivity index (χ1) is 33.2. The van der Waals surface area contributed by atoms with Gasteiger partial charge in [0.1, 0.15) is 0 Å². The summed E-state index contributed by atoms with van der Waals surface area (Å²) in [5.41, 5.74) is 17.1. The van der Waals surface area contributed by atoms with E-state index in [1.165, 1.54) is 22.3 Å². The Morgan fingerprint density at radius 2 is 0.486 bits per heavy atom. The molecule has 6 aromatic carbocycles. The van der Waals surface area contributed by atoms with Crippen molar-refractivity contribution in [2.75, 3.05) is 9.80 Å². The van der Waals surface area contributed by atoms with Crippen molar-refractivity contribution in [3.05, 3.63) is 227 Å². The fourth-order valence-corrected chi connectivity index (χ4v) is 8.31. The highest BCUT2D eigenvalue weighted by Crippen LogP contribution is 2.39. The molecule has 0 saturated carbocycles. The minimum Gasteiger partial charge on any atom is -0.311 e. The van der Waals surface area contributed by atoms with Crippen molar-refractivity contribution in [3.63, 3.8) is 0 Å². The molecule has 4 nitrogen and oxygen atoms in total. The normalized spacial score (nSPS) is 11.8. The number of rotatable bonds is 7. The first-order valence-corrected chi connectivity index (χ1v) is 24.4. The monoisotopic (exact) mass is 915 g/mol. The third kappa shape index (κ3) is 11.8. The molecule has 0 aliphatic rings. The molecule has 4 heteroatoms. The second-order valence-corrected chi connectivity index (χ2v) is 22.3. The summed E-state index contributed by atoms with van der Waals surface area (Å²) in [7, 11) is 0. The van der Waals surface area contributed by atoms with Crippen LogP contribution in [0.1, 0.15) is 128 Å². The lowest BCUT2D eigenvalue weighted by atomic mass is 9.86. The highest BCUT2D eigenvalue weighted by Gasteiger charge is 2.21. The molecule has 2 heterocycles. The van der Waals surface area contributed by atoms with Crippen molar-refractivity contribution >= 4 is 34.1 Å². The summed E-state index contributed by atoms with van der Waals surface area (Å²) in [6.45, 7) is 27.0. The van der Waals surface area contributed by atoms with Gasteiger partial charge in [-0.25, -0.2) is 0 Å². The molecule has 0 amide bonds. The molecule has 0 unspecified atom stereocenters. The van der Waals surface area contributed by atoms with Gasteiger partial charge in [0, 0.05) is 68.8 Å². The number of pyridine rings is 2. The number of nitrogens with zero attached hydrogens (tertiary/aromatic N) is 4. The van der Waals surface area contributed by atoms with Gasteiger partial charge in [0.15, 0.2) is 0 Å². The highest BCUT2D eigenvalue weighted by atomic mass is 15.1. The molecule has 70 heavy (non-hydrogen) atoms. The maximum absolute atomic E-state index is 4.67. The molecule has 8 rings (SSSR count). The zero-order valence-electron chi connectivity index (χ0n) is 43.1. The predicted octanol–water partition coefficient (Wildman–Crippen LogP) is 17.1. The van der Waals surface area contributed by atoms with Crippen molar-refractivity contribution in [1.82, 2.24) is 9.97 Å². The first-order valence-electron chi connectivity index (χ1n) is 24.4. The van der Waals surface area contributed by atoms with Crippen LogP contribution in [-0.4, -0.2) is 9.97 Å². The van der Waals surface area contributed by atoms with Crippen LogP contribution >= 0.6 is 0 Å². The van der Waals surface area contributed by atoms with E-state index >= 15 is 0 Å². The minimum absolute atomic E-state index is 0.0732. The van der Waals surface area contributed by atoms with Crippen LogP contribution in [0.5, 0.6) is 0 Å². The van der Waals surface area contributed by atoms with Crippen molar-refractivity contribution in [3.8, 4) is 35.1 Å². The SMILES string of the molecule is CC(C)(C)c1ccc(N(c2ccc(C#Cc3ccnc(-c4cc(C#Cc5ccc(N(c6ccc(C(C)(C)C)cc6)c6ccc(C(C)(C)C)cc6)cc5)ccn4)c3)cc2)c2ccc(C(C)(C)C)cc2)cc1. The number of aromatic nitrogens is 2. The Hall–Kier alpha value is -7.66. The first kappa shape index (κ1) is 48.8. The van der Waals surface area contributed by atoms with Gasteiger partial charge < -0.3 is 9.80 Å². The third-order valence-corrected chi connectivity index (χ3v) is 12.7. The highest BCUT2D eigenvalue weighted by molar-refractivity contribution is 5.78. The largest absolute Gasteiger partial charge is 0.311 e. The van der Waals surface area contributed by atoms with Crippen LogP contribution in [0.4, 0.5) is 34.1 Å². The maximum atomic E-state index is 4.67. The van der Waals surface area contributed by atoms with E-state index in [1.807, 2.05) is 24.3 Å². The van der Waals surface area contributed by atoms with Crippen LogP contribution in [0.3, 0.4) is 0 Å². The summed E-state index contributed by atoms with van der Waals surface area (Å²) in [5.74, 6) is 13.5. The summed E-state index contributed by atoms with van der Waals surface area (Å²) >= 11 is 0. The molecular weight excluding hydrogens is 849 g/mol. The fraction of sp³-hybridized carbons (Fsp3) is 0.242. The topological polar surface area (TPSA) is 32.3 Å². The van der Waals surface area contributed by atoms with Gasteiger partial charge in [-0.05, 0) is 165 Å². The van der Waals surface area contributed by atoms with Gasteiger partial charge >= 0.3 is 0 Å². The van der Waals surface area contributed by atoms with Crippen LogP contribution in [0.25, 0.3) is 11.4 Å². The predicted molar refractivity (Wildman–Crippen MR) is 296 cm³/mol. The molecule has 8 aromatic rings. The van der Waals surface area contributed by atoms with Gasteiger partial charge in [-0.2, -0.15) is 0 Å². The lowest BCUT2D eigenvalue weighted by molar-refractivity contribution is 0.590. The molecule has 0 aliphatic heterocycles. The quantitative estimate of drug-likeness (QED) is 0.149. The van der Waals surface area contributed by atoms with E-state index in [0.29, 0.717) is 0 Å². The van der Waals surface area contributed by atoms with Gasteiger partial charge in [-0.1, -0.05) is 155 Å². The Labute approximate surface area is 418 Å². The van der Waals surface area contributed by atoms with Gasteiger partial charge in [-0.15, -0.1) is 0 Å². The summed E-state index contributed by atoms with van der Waals surface area (Å²) in [5, 5.41) is 0. The van der Waals surface area contributed by atoms with E-state index in [0.717, 1.165) is 67.8 Å². The zero-order chi connectivity index (χ0) is 49.8. The molecule has 0 radical (unpaired) electrons. The van der Waals surface area contributed by atoms with Crippen LogP contribution in [0, 0.1) is 23.7 Å². The standard InChI is InChI=1S/C66H66N4/c1-63(2,3)51-21-33-57(34-22-51)69(58-35-23-52(24-36-58)64(4,5)6)55-29-17-47(18-30-55)13-15-49-41-43-67-61(45-49)62-46-50(42-44-68-62)16-14-48-19-31-56(32-20-48)70(59-37-25-53(26-38-59)65(7,8)9)60-39-27-54(28-40-60)66(10,11)12/h17-46H,1-12H3. The van der Waals surface area contributed by atoms with Gasteiger partial charge in [0.2, 0.25) is 0 Å². The summed E-state index contributed by atoms with van der Waals surface area (Å²) in [4.78, 5) is 14.0. The molecule has 2 aromatic heterocycles. The van der Waals surface area contributed by atoms with Crippen molar-refractivity contribution in [2.45, 2.75) is 105 Å². The smallest absolute Gasteiger partial charge is 0.0898 e. The molecule has 0 fully saturated rings. The molecule has 0 aliphatic carbocycles. The average Bonchev–Trinajstić information content (AvgIpc) is 3.33. The molecule has 0 bridgehead atoms. The minimum atomic E-state index is 0.0732. The van der Waals surface area contributed by atoms with Crippen molar-refractivity contribution < 1.29 is 0 Å². The Balaban J connectivity index is 0.996. The third-order valence-electron chi connectivity index (χ3n) is 12.7. The molecule has 0 saturated heterocycles. The van der Waals surface area contributed by atoms with Crippen molar-refractivity contribution in [1.29, 1.82) is 0 Å². The van der Waals surface area contributed by atoms with Crippen LogP contribution in [0.2, 0.25) is 0 Å². The van der Waals surface area contributed by atoms with E-state index in [1.54, 1.807) is 12.4 Å². The van der Waals surface area contributed by atoms with E-state index in [2.05, 4.69) is 272 Å². The number of hydrogen-bond acceptors (Lipinski definition) is 4. The summed E-state index contributed by atoms with van der Waals surface area (Å²) < 4.78 is 0. The van der Waals surface area contributed by atoms with E-state index < -0.39 is 0 Å². The van der Waals surface area contributed by atoms with Gasteiger partial charge in [0.05, 0.1) is 11.4 Å². The Bertz CT molecular complexity index is 2850. The summed E-state index contributed by atoms with van der Waals surface area (Å²) in [6.07, 6.45) is 3.58. The zero-order valence-corrected chi connectivity index (χ0v) is 43.1. The van der Waals surface area contributed by atoms with Crippen LogP contribution < -0.4 is 9.80 Å². The Kier molecular flexibility index (Phi) is 13.8. The van der Waals surface area contributed by atoms with Gasteiger partial charge in [0.25, 0.3) is 0 Å². The lowest BCUT2D eigenvalue weighted by Crippen LogP contribution is -2.14. The second-order valence-electron chi connectivity index (χ2n) is 22.3. The molecule has 0 N–H and O–H groups in total. The van der Waals surface area contributed by atoms with Crippen LogP contribution in [0.15, 0.2) is 182 Å². The maximum Gasteiger partial charge on any atom is 0.0898 e. The molecule has 0 spiro atoms. The van der Waals surface area contributed by atoms with E-state index in [-0.39, 0.29) is 21.7 Å². The molecular formula is C66H66N4. The Morgan fingerprint density at radius 3 is 0.714 bits per heavy atom. The Morgan fingerprint density at radius 1 is 0.271 bits per heavy atom. The second kappa shape index (κ2) is 19.7.